The molecule has 1 saturated carbocycles. The van der Waals surface area contributed by atoms with Crippen LogP contribution in [0.15, 0.2) is 0 Å². The van der Waals surface area contributed by atoms with Gasteiger partial charge in [-0.3, -0.25) is 4.79 Å². The second kappa shape index (κ2) is 6.27. The number of aryl methyl sites for hydroxylation is 1. The number of piperazine rings is 1. The molecule has 2 atom stereocenters. The van der Waals surface area contributed by atoms with Crippen molar-refractivity contribution in [3.8, 4) is 0 Å². The molecule has 1 aliphatic heterocycles. The van der Waals surface area contributed by atoms with Gasteiger partial charge in [0.05, 0.1) is 0 Å². The van der Waals surface area contributed by atoms with Crippen LogP contribution in [0.5, 0.6) is 0 Å². The maximum atomic E-state index is 12.4. The van der Waals surface area contributed by atoms with Crippen LogP contribution in [0.4, 0.5) is 5.13 Å². The largest absolute Gasteiger partial charge is 0.343 e. The first kappa shape index (κ1) is 14.7. The molecule has 3 rings (SSSR count). The van der Waals surface area contributed by atoms with E-state index in [1.807, 2.05) is 11.8 Å². The summed E-state index contributed by atoms with van der Waals surface area (Å²) < 4.78 is 4.22. The van der Waals surface area contributed by atoms with E-state index >= 15 is 0 Å². The van der Waals surface area contributed by atoms with Gasteiger partial charge >= 0.3 is 0 Å². The molecule has 2 N–H and O–H groups in total. The van der Waals surface area contributed by atoms with Crippen LogP contribution in [0.25, 0.3) is 0 Å². The number of aromatic nitrogens is 2. The molecule has 2 aliphatic rings. The van der Waals surface area contributed by atoms with Crippen LogP contribution < -0.4 is 10.6 Å². The van der Waals surface area contributed by atoms with Crippen molar-refractivity contribution in [2.24, 2.45) is 11.7 Å². The molecule has 0 unspecified atom stereocenters. The number of amides is 1. The van der Waals surface area contributed by atoms with Crippen molar-refractivity contribution in [3.05, 3.63) is 5.82 Å². The highest BCUT2D eigenvalue weighted by atomic mass is 32.1. The number of carbonyl (C=O) groups is 1. The van der Waals surface area contributed by atoms with Crippen molar-refractivity contribution in [1.29, 1.82) is 0 Å². The molecule has 116 valence electrons. The number of nitrogens with two attached hydrogens (primary N) is 1. The first-order valence-corrected chi connectivity index (χ1v) is 8.49. The monoisotopic (exact) mass is 309 g/mol. The molecule has 0 aromatic carbocycles. The standard InChI is InChI=1S/C14H23N5OS/c1-10-16-14(21-17-10)19-7-5-18(6-8-19)13(20)9-11-3-2-4-12(11)15/h11-12H,2-9,15H2,1H3/t11-,12+/m0/s1. The summed E-state index contributed by atoms with van der Waals surface area (Å²) in [4.78, 5) is 21.0. The number of anilines is 1. The van der Waals surface area contributed by atoms with E-state index in [1.165, 1.54) is 18.0 Å². The third-order valence-corrected chi connectivity index (χ3v) is 5.44. The van der Waals surface area contributed by atoms with Gasteiger partial charge in [0.15, 0.2) is 0 Å². The Labute approximate surface area is 129 Å². The summed E-state index contributed by atoms with van der Waals surface area (Å²) >= 11 is 1.44. The van der Waals surface area contributed by atoms with E-state index in [2.05, 4.69) is 14.3 Å². The summed E-state index contributed by atoms with van der Waals surface area (Å²) in [6, 6.07) is 0.222. The normalized spacial score (nSPS) is 26.4. The van der Waals surface area contributed by atoms with E-state index in [0.717, 1.165) is 50.0 Å². The molecule has 1 aromatic rings. The quantitative estimate of drug-likeness (QED) is 0.902. The lowest BCUT2D eigenvalue weighted by molar-refractivity contribution is -0.132. The van der Waals surface area contributed by atoms with E-state index < -0.39 is 0 Å². The van der Waals surface area contributed by atoms with Crippen LogP contribution in [0.2, 0.25) is 0 Å². The maximum Gasteiger partial charge on any atom is 0.223 e. The summed E-state index contributed by atoms with van der Waals surface area (Å²) in [7, 11) is 0. The van der Waals surface area contributed by atoms with Crippen molar-refractivity contribution in [2.75, 3.05) is 31.1 Å². The molecule has 0 radical (unpaired) electrons. The van der Waals surface area contributed by atoms with Crippen molar-refractivity contribution < 1.29 is 4.79 Å². The average molecular weight is 309 g/mol. The number of carbonyl (C=O) groups excluding carboxylic acids is 1. The molecule has 1 aromatic heterocycles. The van der Waals surface area contributed by atoms with Crippen LogP contribution in [0.3, 0.4) is 0 Å². The average Bonchev–Trinajstić information content (AvgIpc) is 3.08. The smallest absolute Gasteiger partial charge is 0.223 e. The van der Waals surface area contributed by atoms with Crippen LogP contribution in [0, 0.1) is 12.8 Å². The molecule has 7 heteroatoms. The highest BCUT2D eigenvalue weighted by Crippen LogP contribution is 2.27. The predicted molar refractivity (Wildman–Crippen MR) is 83.4 cm³/mol. The lowest BCUT2D eigenvalue weighted by atomic mass is 9.99. The molecule has 2 fully saturated rings. The summed E-state index contributed by atoms with van der Waals surface area (Å²) in [6.07, 6.45) is 3.97. The van der Waals surface area contributed by atoms with Crippen molar-refractivity contribution in [2.45, 2.75) is 38.6 Å². The van der Waals surface area contributed by atoms with Gasteiger partial charge in [-0.25, -0.2) is 4.98 Å². The van der Waals surface area contributed by atoms with Crippen molar-refractivity contribution >= 4 is 22.6 Å². The fraction of sp³-hybridized carbons (Fsp3) is 0.786. The van der Waals surface area contributed by atoms with E-state index in [9.17, 15) is 4.79 Å². The molecular weight excluding hydrogens is 286 g/mol. The lowest BCUT2D eigenvalue weighted by Gasteiger charge is -2.35. The molecule has 2 heterocycles. The zero-order valence-electron chi connectivity index (χ0n) is 12.5. The summed E-state index contributed by atoms with van der Waals surface area (Å²) in [5, 5.41) is 0.970. The Morgan fingerprint density at radius 2 is 2.10 bits per heavy atom. The number of rotatable bonds is 3. The molecule has 1 aliphatic carbocycles. The Hall–Kier alpha value is -1.21. The SMILES string of the molecule is Cc1nsc(N2CCN(C(=O)C[C@@H]3CCC[C@H]3N)CC2)n1. The van der Waals surface area contributed by atoms with Gasteiger partial charge in [0.1, 0.15) is 5.82 Å². The van der Waals surface area contributed by atoms with Gasteiger partial charge in [-0.2, -0.15) is 4.37 Å². The maximum absolute atomic E-state index is 12.4. The van der Waals surface area contributed by atoms with E-state index in [0.29, 0.717) is 12.3 Å². The molecule has 21 heavy (non-hydrogen) atoms. The van der Waals surface area contributed by atoms with Gasteiger partial charge in [0, 0.05) is 50.2 Å². The summed E-state index contributed by atoms with van der Waals surface area (Å²) in [5.74, 6) is 1.48. The minimum absolute atomic E-state index is 0.222. The van der Waals surface area contributed by atoms with Gasteiger partial charge in [-0.1, -0.05) is 6.42 Å². The molecule has 6 nitrogen and oxygen atoms in total. The Kier molecular flexibility index (Phi) is 4.40. The number of hydrogen-bond acceptors (Lipinski definition) is 6. The second-order valence-electron chi connectivity index (χ2n) is 6.05. The minimum Gasteiger partial charge on any atom is -0.343 e. The third-order valence-electron chi connectivity index (χ3n) is 4.57. The lowest BCUT2D eigenvalue weighted by Crippen LogP contribution is -2.49. The van der Waals surface area contributed by atoms with Crippen LogP contribution in [-0.2, 0) is 4.79 Å². The molecule has 0 spiro atoms. The Morgan fingerprint density at radius 3 is 2.67 bits per heavy atom. The summed E-state index contributed by atoms with van der Waals surface area (Å²) in [6.45, 7) is 5.15. The van der Waals surface area contributed by atoms with Gasteiger partial charge in [-0.15, -0.1) is 0 Å². The van der Waals surface area contributed by atoms with Gasteiger partial charge in [-0.05, 0) is 25.7 Å². The van der Waals surface area contributed by atoms with Crippen molar-refractivity contribution in [3.63, 3.8) is 0 Å². The van der Waals surface area contributed by atoms with Gasteiger partial charge in [0.2, 0.25) is 11.0 Å². The summed E-state index contributed by atoms with van der Waals surface area (Å²) in [5.41, 5.74) is 6.06. The fourth-order valence-electron chi connectivity index (χ4n) is 3.23. The Morgan fingerprint density at radius 1 is 1.33 bits per heavy atom. The highest BCUT2D eigenvalue weighted by molar-refractivity contribution is 7.09. The van der Waals surface area contributed by atoms with E-state index in [4.69, 9.17) is 5.73 Å². The fourth-order valence-corrected chi connectivity index (χ4v) is 3.96. The van der Waals surface area contributed by atoms with Crippen molar-refractivity contribution in [1.82, 2.24) is 14.3 Å². The molecule has 1 saturated heterocycles. The zero-order valence-corrected chi connectivity index (χ0v) is 13.3. The first-order valence-electron chi connectivity index (χ1n) is 7.72. The van der Waals surface area contributed by atoms with E-state index in [-0.39, 0.29) is 11.9 Å². The van der Waals surface area contributed by atoms with E-state index in [1.54, 1.807) is 0 Å². The topological polar surface area (TPSA) is 75.4 Å². The van der Waals surface area contributed by atoms with Gasteiger partial charge < -0.3 is 15.5 Å². The van der Waals surface area contributed by atoms with Crippen LogP contribution in [0.1, 0.15) is 31.5 Å². The first-order chi connectivity index (χ1) is 10.1. The van der Waals surface area contributed by atoms with Crippen LogP contribution in [-0.4, -0.2) is 52.4 Å². The molecular formula is C14H23N5OS. The van der Waals surface area contributed by atoms with Gasteiger partial charge in [0.25, 0.3) is 0 Å². The number of nitrogens with zero attached hydrogens (tertiary/aromatic N) is 4. The third kappa shape index (κ3) is 3.35. The van der Waals surface area contributed by atoms with Crippen LogP contribution >= 0.6 is 11.5 Å². The minimum atomic E-state index is 0.222. The Balaban J connectivity index is 1.50. The Bertz CT molecular complexity index is 497. The molecule has 1 amide bonds. The zero-order chi connectivity index (χ0) is 14.8. The molecule has 0 bridgehead atoms. The predicted octanol–water partition coefficient (Wildman–Crippen LogP) is 1.01. The number of hydrogen-bond donors (Lipinski definition) is 1. The second-order valence-corrected chi connectivity index (χ2v) is 6.78. The highest BCUT2D eigenvalue weighted by Gasteiger charge is 2.29.